The van der Waals surface area contributed by atoms with E-state index in [0.717, 1.165) is 56.0 Å². The van der Waals surface area contributed by atoms with Crippen molar-refractivity contribution < 1.29 is 14.0 Å². The summed E-state index contributed by atoms with van der Waals surface area (Å²) in [7, 11) is 3.46. The summed E-state index contributed by atoms with van der Waals surface area (Å²) in [5, 5.41) is 4.39. The molecule has 1 aromatic carbocycles. The van der Waals surface area contributed by atoms with Crippen LogP contribution in [0.3, 0.4) is 0 Å². The number of hydrogen-bond acceptors (Lipinski definition) is 7. The minimum atomic E-state index is -0.128. The van der Waals surface area contributed by atoms with Gasteiger partial charge in [0.05, 0.1) is 7.11 Å². The summed E-state index contributed by atoms with van der Waals surface area (Å²) < 4.78 is 16.4. The Hall–Kier alpha value is -2.77. The molecule has 31 heavy (non-hydrogen) atoms. The van der Waals surface area contributed by atoms with E-state index in [2.05, 4.69) is 40.2 Å². The predicted octanol–water partition coefficient (Wildman–Crippen LogP) is 4.02. The maximum atomic E-state index is 5.61. The molecular formula is C24H30N4O3. The van der Waals surface area contributed by atoms with Gasteiger partial charge in [-0.1, -0.05) is 17.3 Å². The molecule has 0 aliphatic carbocycles. The fourth-order valence-corrected chi connectivity index (χ4v) is 4.37. The number of piperidine rings is 1. The van der Waals surface area contributed by atoms with Crippen LogP contribution in [-0.2, 0) is 16.7 Å². The van der Waals surface area contributed by atoms with Crippen molar-refractivity contribution in [3.05, 3.63) is 59.7 Å². The van der Waals surface area contributed by atoms with Gasteiger partial charge in [-0.05, 0) is 68.6 Å². The van der Waals surface area contributed by atoms with Crippen molar-refractivity contribution in [1.82, 2.24) is 20.0 Å². The van der Waals surface area contributed by atoms with Gasteiger partial charge >= 0.3 is 0 Å². The summed E-state index contributed by atoms with van der Waals surface area (Å²) in [6.45, 7) is 5.66. The van der Waals surface area contributed by atoms with E-state index >= 15 is 0 Å². The summed E-state index contributed by atoms with van der Waals surface area (Å²) in [4.78, 5) is 11.3. The number of likely N-dealkylation sites (tertiary alicyclic amines) is 1. The Morgan fingerprint density at radius 2 is 1.87 bits per heavy atom. The Morgan fingerprint density at radius 1 is 1.10 bits per heavy atom. The van der Waals surface area contributed by atoms with Gasteiger partial charge in [0, 0.05) is 43.6 Å². The van der Waals surface area contributed by atoms with Crippen LogP contribution in [0.15, 0.2) is 47.2 Å². The third-order valence-electron chi connectivity index (χ3n) is 6.29. The molecule has 1 saturated heterocycles. The molecule has 0 amide bonds. The lowest BCUT2D eigenvalue weighted by atomic mass is 9.75. The molecule has 1 aliphatic rings. The predicted molar refractivity (Wildman–Crippen MR) is 118 cm³/mol. The van der Waals surface area contributed by atoms with Crippen LogP contribution in [-0.4, -0.2) is 53.9 Å². The molecule has 3 heterocycles. The molecule has 7 nitrogen and oxygen atoms in total. The summed E-state index contributed by atoms with van der Waals surface area (Å²) in [5.74, 6) is 2.27. The second-order valence-electron chi connectivity index (χ2n) is 8.26. The van der Waals surface area contributed by atoms with Crippen molar-refractivity contribution in [2.24, 2.45) is 0 Å². The number of rotatable bonds is 8. The van der Waals surface area contributed by atoms with Crippen LogP contribution in [0.2, 0.25) is 0 Å². The van der Waals surface area contributed by atoms with Crippen molar-refractivity contribution in [1.29, 1.82) is 0 Å². The standard InChI is InChI=1S/C24H30N4O3/c1-18-16-19(4-5-21(18)30-3)17-28-13-8-24(9-14-28,10-15-29-2)23-26-22(31-27-23)20-6-11-25-12-7-20/h4-7,11-12,16H,8-10,13-15,17H2,1-3H3. The van der Waals surface area contributed by atoms with Crippen LogP contribution < -0.4 is 4.74 Å². The molecule has 2 aromatic heterocycles. The topological polar surface area (TPSA) is 73.5 Å². The second-order valence-corrected chi connectivity index (χ2v) is 8.26. The number of methoxy groups -OCH3 is 2. The van der Waals surface area contributed by atoms with Gasteiger partial charge < -0.3 is 14.0 Å². The fraction of sp³-hybridized carbons (Fsp3) is 0.458. The Bertz CT molecular complexity index is 981. The number of aromatic nitrogens is 3. The molecule has 164 valence electrons. The van der Waals surface area contributed by atoms with Gasteiger partial charge in [-0.2, -0.15) is 4.98 Å². The van der Waals surface area contributed by atoms with Crippen molar-refractivity contribution in [2.75, 3.05) is 33.9 Å². The zero-order valence-electron chi connectivity index (χ0n) is 18.5. The molecular weight excluding hydrogens is 392 g/mol. The highest BCUT2D eigenvalue weighted by molar-refractivity contribution is 5.51. The highest BCUT2D eigenvalue weighted by Crippen LogP contribution is 2.38. The number of pyridine rings is 1. The van der Waals surface area contributed by atoms with Crippen molar-refractivity contribution >= 4 is 0 Å². The van der Waals surface area contributed by atoms with Crippen molar-refractivity contribution in [3.63, 3.8) is 0 Å². The molecule has 1 fully saturated rings. The summed E-state index contributed by atoms with van der Waals surface area (Å²) in [6.07, 6.45) is 6.30. The maximum absolute atomic E-state index is 5.61. The number of benzene rings is 1. The molecule has 0 atom stereocenters. The second kappa shape index (κ2) is 9.58. The highest BCUT2D eigenvalue weighted by Gasteiger charge is 2.40. The van der Waals surface area contributed by atoms with Crippen molar-refractivity contribution in [3.8, 4) is 17.2 Å². The molecule has 0 bridgehead atoms. The molecule has 4 rings (SSSR count). The van der Waals surface area contributed by atoms with Gasteiger partial charge in [-0.15, -0.1) is 0 Å². The normalized spacial score (nSPS) is 16.4. The monoisotopic (exact) mass is 422 g/mol. The molecule has 0 N–H and O–H groups in total. The molecule has 7 heteroatoms. The van der Waals surface area contributed by atoms with Crippen molar-refractivity contribution in [2.45, 2.75) is 38.1 Å². The van der Waals surface area contributed by atoms with E-state index < -0.39 is 0 Å². The van der Waals surface area contributed by atoms with Gasteiger partial charge in [0.25, 0.3) is 5.89 Å². The number of hydrogen-bond donors (Lipinski definition) is 0. The van der Waals surface area contributed by atoms with E-state index in [4.69, 9.17) is 19.0 Å². The maximum Gasteiger partial charge on any atom is 0.258 e. The zero-order valence-corrected chi connectivity index (χ0v) is 18.5. The zero-order chi connectivity index (χ0) is 21.7. The van der Waals surface area contributed by atoms with E-state index in [1.54, 1.807) is 26.6 Å². The molecule has 3 aromatic rings. The average molecular weight is 423 g/mol. The van der Waals surface area contributed by atoms with E-state index in [1.807, 2.05) is 12.1 Å². The van der Waals surface area contributed by atoms with Gasteiger partial charge in [-0.25, -0.2) is 0 Å². The number of ether oxygens (including phenoxy) is 2. The first kappa shape index (κ1) is 21.5. The SMILES string of the molecule is COCCC1(c2noc(-c3ccncc3)n2)CCN(Cc2ccc(OC)c(C)c2)CC1. The molecule has 0 unspecified atom stereocenters. The van der Waals surface area contributed by atoms with Crippen LogP contribution in [0.4, 0.5) is 0 Å². The molecule has 0 radical (unpaired) electrons. The van der Waals surface area contributed by atoms with E-state index in [-0.39, 0.29) is 5.41 Å². The minimum absolute atomic E-state index is 0.128. The van der Waals surface area contributed by atoms with Crippen LogP contribution in [0.5, 0.6) is 5.75 Å². The third kappa shape index (κ3) is 4.78. The minimum Gasteiger partial charge on any atom is -0.496 e. The fourth-order valence-electron chi connectivity index (χ4n) is 4.37. The first-order chi connectivity index (χ1) is 15.1. The Morgan fingerprint density at radius 3 is 2.55 bits per heavy atom. The van der Waals surface area contributed by atoms with Gasteiger partial charge in [-0.3, -0.25) is 9.88 Å². The van der Waals surface area contributed by atoms with Crippen LogP contribution >= 0.6 is 0 Å². The lowest BCUT2D eigenvalue weighted by molar-refractivity contribution is 0.103. The van der Waals surface area contributed by atoms with E-state index in [9.17, 15) is 0 Å². The smallest absolute Gasteiger partial charge is 0.258 e. The number of nitrogens with zero attached hydrogens (tertiary/aromatic N) is 4. The van der Waals surface area contributed by atoms with Gasteiger partial charge in [0.2, 0.25) is 0 Å². The van der Waals surface area contributed by atoms with E-state index in [0.29, 0.717) is 12.5 Å². The Labute approximate surface area is 183 Å². The quantitative estimate of drug-likeness (QED) is 0.543. The summed E-state index contributed by atoms with van der Waals surface area (Å²) >= 11 is 0. The first-order valence-electron chi connectivity index (χ1n) is 10.7. The summed E-state index contributed by atoms with van der Waals surface area (Å²) in [6, 6.07) is 10.2. The molecule has 0 spiro atoms. The van der Waals surface area contributed by atoms with Gasteiger partial charge in [0.1, 0.15) is 5.75 Å². The Kier molecular flexibility index (Phi) is 6.63. The average Bonchev–Trinajstić information content (AvgIpc) is 3.31. The number of aryl methyl sites for hydroxylation is 1. The highest BCUT2D eigenvalue weighted by atomic mass is 16.5. The molecule has 1 aliphatic heterocycles. The largest absolute Gasteiger partial charge is 0.496 e. The lowest BCUT2D eigenvalue weighted by Crippen LogP contribution is -2.43. The lowest BCUT2D eigenvalue weighted by Gasteiger charge is -2.40. The van der Waals surface area contributed by atoms with Crippen LogP contribution in [0.25, 0.3) is 11.5 Å². The summed E-state index contributed by atoms with van der Waals surface area (Å²) in [5.41, 5.74) is 3.24. The third-order valence-corrected chi connectivity index (χ3v) is 6.29. The first-order valence-corrected chi connectivity index (χ1v) is 10.7. The van der Waals surface area contributed by atoms with E-state index in [1.165, 1.54) is 11.1 Å². The van der Waals surface area contributed by atoms with Crippen LogP contribution in [0.1, 0.15) is 36.2 Å². The van der Waals surface area contributed by atoms with Gasteiger partial charge in [0.15, 0.2) is 5.82 Å². The molecule has 0 saturated carbocycles. The van der Waals surface area contributed by atoms with Crippen LogP contribution in [0, 0.1) is 6.92 Å². The Balaban J connectivity index is 1.47.